The lowest BCUT2D eigenvalue weighted by Crippen LogP contribution is -2.22. The molecule has 0 unspecified atom stereocenters. The zero-order chi connectivity index (χ0) is 13.8. The van der Waals surface area contributed by atoms with Gasteiger partial charge < -0.3 is 10.1 Å². The van der Waals surface area contributed by atoms with E-state index >= 15 is 0 Å². The van der Waals surface area contributed by atoms with Crippen molar-refractivity contribution in [2.75, 3.05) is 7.11 Å². The van der Waals surface area contributed by atoms with Crippen molar-refractivity contribution < 1.29 is 4.74 Å². The molecule has 1 aromatic carbocycles. The van der Waals surface area contributed by atoms with Crippen molar-refractivity contribution >= 4 is 0 Å². The van der Waals surface area contributed by atoms with E-state index in [0.29, 0.717) is 6.04 Å². The minimum Gasteiger partial charge on any atom is -0.494 e. The average Bonchev–Trinajstić information content (AvgIpc) is 2.85. The summed E-state index contributed by atoms with van der Waals surface area (Å²) in [5.74, 6) is 0.831. The van der Waals surface area contributed by atoms with Crippen LogP contribution in [-0.2, 0) is 6.54 Å². The van der Waals surface area contributed by atoms with Gasteiger partial charge in [-0.1, -0.05) is 19.9 Å². The van der Waals surface area contributed by atoms with Crippen molar-refractivity contribution in [3.05, 3.63) is 41.7 Å². The highest BCUT2D eigenvalue weighted by molar-refractivity contribution is 5.48. The van der Waals surface area contributed by atoms with Crippen LogP contribution in [0.3, 0.4) is 0 Å². The van der Waals surface area contributed by atoms with E-state index in [2.05, 4.69) is 37.3 Å². The van der Waals surface area contributed by atoms with Gasteiger partial charge in [-0.3, -0.25) is 0 Å². The van der Waals surface area contributed by atoms with Crippen molar-refractivity contribution in [2.24, 2.45) is 0 Å². The molecule has 0 radical (unpaired) electrons. The number of ether oxygens (including phenoxy) is 1. The number of methoxy groups -OCH3 is 1. The van der Waals surface area contributed by atoms with E-state index in [-0.39, 0.29) is 0 Å². The summed E-state index contributed by atoms with van der Waals surface area (Å²) >= 11 is 0. The number of hydrogen-bond donors (Lipinski definition) is 1. The predicted molar refractivity (Wildman–Crippen MR) is 76.8 cm³/mol. The molecule has 0 spiro atoms. The monoisotopic (exact) mass is 259 g/mol. The Hall–Kier alpha value is -1.81. The van der Waals surface area contributed by atoms with Gasteiger partial charge in [0.1, 0.15) is 11.4 Å². The Balaban J connectivity index is 2.24. The van der Waals surface area contributed by atoms with E-state index in [9.17, 15) is 0 Å². The molecule has 19 heavy (non-hydrogen) atoms. The molecule has 4 nitrogen and oxygen atoms in total. The SMILES string of the molecule is COc1ccc(C)cc1-n1ccc(CNC(C)C)n1. The number of rotatable bonds is 5. The lowest BCUT2D eigenvalue weighted by Gasteiger charge is -2.09. The third kappa shape index (κ3) is 3.35. The van der Waals surface area contributed by atoms with Crippen LogP contribution >= 0.6 is 0 Å². The normalized spacial score (nSPS) is 11.0. The predicted octanol–water partition coefficient (Wildman–Crippen LogP) is 2.69. The van der Waals surface area contributed by atoms with Crippen molar-refractivity contribution in [1.82, 2.24) is 15.1 Å². The molecule has 0 atom stereocenters. The molecule has 0 aliphatic heterocycles. The molecule has 0 saturated heterocycles. The molecule has 0 bridgehead atoms. The van der Waals surface area contributed by atoms with Crippen molar-refractivity contribution in [3.8, 4) is 11.4 Å². The Labute approximate surface area is 114 Å². The Morgan fingerprint density at radius 1 is 1.32 bits per heavy atom. The van der Waals surface area contributed by atoms with Gasteiger partial charge in [-0.05, 0) is 30.7 Å². The van der Waals surface area contributed by atoms with Crippen LogP contribution in [0, 0.1) is 6.92 Å². The first-order valence-corrected chi connectivity index (χ1v) is 6.53. The minimum absolute atomic E-state index is 0.457. The Kier molecular flexibility index (Phi) is 4.22. The highest BCUT2D eigenvalue weighted by Crippen LogP contribution is 2.23. The Morgan fingerprint density at radius 3 is 2.79 bits per heavy atom. The number of aromatic nitrogens is 2. The summed E-state index contributed by atoms with van der Waals surface area (Å²) in [7, 11) is 1.68. The smallest absolute Gasteiger partial charge is 0.144 e. The molecule has 0 fully saturated rings. The highest BCUT2D eigenvalue weighted by atomic mass is 16.5. The molecule has 4 heteroatoms. The van der Waals surface area contributed by atoms with E-state index in [1.165, 1.54) is 5.56 Å². The maximum atomic E-state index is 5.39. The van der Waals surface area contributed by atoms with Gasteiger partial charge in [-0.15, -0.1) is 0 Å². The summed E-state index contributed by atoms with van der Waals surface area (Å²) in [5, 5.41) is 7.94. The summed E-state index contributed by atoms with van der Waals surface area (Å²) in [6.07, 6.45) is 1.97. The van der Waals surface area contributed by atoms with Gasteiger partial charge in [-0.2, -0.15) is 5.10 Å². The van der Waals surface area contributed by atoms with Crippen molar-refractivity contribution in [3.63, 3.8) is 0 Å². The number of nitrogens with one attached hydrogen (secondary N) is 1. The number of aryl methyl sites for hydroxylation is 1. The van der Waals surface area contributed by atoms with Gasteiger partial charge in [-0.25, -0.2) is 4.68 Å². The first-order valence-electron chi connectivity index (χ1n) is 6.53. The molecule has 2 rings (SSSR count). The van der Waals surface area contributed by atoms with Crippen LogP contribution in [0.15, 0.2) is 30.5 Å². The van der Waals surface area contributed by atoms with Gasteiger partial charge in [0, 0.05) is 18.8 Å². The van der Waals surface area contributed by atoms with Gasteiger partial charge in [0.2, 0.25) is 0 Å². The lowest BCUT2D eigenvalue weighted by atomic mass is 10.2. The van der Waals surface area contributed by atoms with Gasteiger partial charge in [0.15, 0.2) is 0 Å². The summed E-state index contributed by atoms with van der Waals surface area (Å²) in [6, 6.07) is 8.56. The second-order valence-corrected chi connectivity index (χ2v) is 4.96. The Morgan fingerprint density at radius 2 is 2.11 bits per heavy atom. The molecule has 1 aromatic heterocycles. The summed E-state index contributed by atoms with van der Waals surface area (Å²) < 4.78 is 7.25. The lowest BCUT2D eigenvalue weighted by molar-refractivity contribution is 0.411. The Bertz CT molecular complexity index is 546. The second kappa shape index (κ2) is 5.89. The van der Waals surface area contributed by atoms with E-state index < -0.39 is 0 Å². The molecule has 2 aromatic rings. The van der Waals surface area contributed by atoms with E-state index in [1.807, 2.05) is 29.1 Å². The molecule has 0 aliphatic rings. The van der Waals surface area contributed by atoms with E-state index in [0.717, 1.165) is 23.7 Å². The van der Waals surface area contributed by atoms with Crippen LogP contribution < -0.4 is 10.1 Å². The summed E-state index contributed by atoms with van der Waals surface area (Å²) in [5.41, 5.74) is 3.18. The topological polar surface area (TPSA) is 39.1 Å². The molecular weight excluding hydrogens is 238 g/mol. The first kappa shape index (κ1) is 13.6. The van der Waals surface area contributed by atoms with Crippen LogP contribution in [0.1, 0.15) is 25.1 Å². The average molecular weight is 259 g/mol. The fourth-order valence-electron chi connectivity index (χ4n) is 1.88. The fourth-order valence-corrected chi connectivity index (χ4v) is 1.88. The van der Waals surface area contributed by atoms with Gasteiger partial charge >= 0.3 is 0 Å². The minimum atomic E-state index is 0.457. The third-order valence-electron chi connectivity index (χ3n) is 2.92. The molecular formula is C15H21N3O. The summed E-state index contributed by atoms with van der Waals surface area (Å²) in [6.45, 7) is 7.09. The summed E-state index contributed by atoms with van der Waals surface area (Å²) in [4.78, 5) is 0. The van der Waals surface area contributed by atoms with Crippen LogP contribution in [0.4, 0.5) is 0 Å². The second-order valence-electron chi connectivity index (χ2n) is 4.96. The first-order chi connectivity index (χ1) is 9.10. The number of hydrogen-bond acceptors (Lipinski definition) is 3. The molecule has 1 N–H and O–H groups in total. The van der Waals surface area contributed by atoms with Gasteiger partial charge in [0.05, 0.1) is 12.8 Å². The maximum Gasteiger partial charge on any atom is 0.144 e. The third-order valence-corrected chi connectivity index (χ3v) is 2.92. The van der Waals surface area contributed by atoms with Crippen LogP contribution in [0.2, 0.25) is 0 Å². The standard InChI is InChI=1S/C15H21N3O/c1-11(2)16-10-13-7-8-18(17-13)14-9-12(3)5-6-15(14)19-4/h5-9,11,16H,10H2,1-4H3. The quantitative estimate of drug-likeness (QED) is 0.897. The zero-order valence-electron chi connectivity index (χ0n) is 12.0. The zero-order valence-corrected chi connectivity index (χ0v) is 12.0. The van der Waals surface area contributed by atoms with E-state index in [4.69, 9.17) is 4.74 Å². The fraction of sp³-hybridized carbons (Fsp3) is 0.400. The number of benzene rings is 1. The molecule has 102 valence electrons. The van der Waals surface area contributed by atoms with Crippen molar-refractivity contribution in [1.29, 1.82) is 0 Å². The molecule has 0 saturated carbocycles. The number of nitrogens with zero attached hydrogens (tertiary/aromatic N) is 2. The van der Waals surface area contributed by atoms with E-state index in [1.54, 1.807) is 7.11 Å². The van der Waals surface area contributed by atoms with Crippen molar-refractivity contribution in [2.45, 2.75) is 33.4 Å². The maximum absolute atomic E-state index is 5.39. The van der Waals surface area contributed by atoms with Crippen LogP contribution in [0.25, 0.3) is 5.69 Å². The van der Waals surface area contributed by atoms with Crippen LogP contribution in [-0.4, -0.2) is 22.9 Å². The molecule has 0 aliphatic carbocycles. The molecule has 1 heterocycles. The van der Waals surface area contributed by atoms with Gasteiger partial charge in [0.25, 0.3) is 0 Å². The van der Waals surface area contributed by atoms with Crippen LogP contribution in [0.5, 0.6) is 5.75 Å². The molecule has 0 amide bonds. The largest absolute Gasteiger partial charge is 0.494 e. The highest BCUT2D eigenvalue weighted by Gasteiger charge is 2.07.